The molecule has 6 heteroatoms. The van der Waals surface area contributed by atoms with E-state index < -0.39 is 11.9 Å². The third-order valence-corrected chi connectivity index (χ3v) is 3.21. The molecule has 116 valence electrons. The summed E-state index contributed by atoms with van der Waals surface area (Å²) in [7, 11) is 0. The Morgan fingerprint density at radius 3 is 2.48 bits per heavy atom. The Bertz CT molecular complexity index is 785. The van der Waals surface area contributed by atoms with Gasteiger partial charge < -0.3 is 10.1 Å². The van der Waals surface area contributed by atoms with Crippen molar-refractivity contribution in [2.24, 2.45) is 0 Å². The monoisotopic (exact) mass is 312 g/mol. The van der Waals surface area contributed by atoms with Gasteiger partial charge in [-0.3, -0.25) is 10.1 Å². The number of ether oxygens (including phenoxy) is 1. The van der Waals surface area contributed by atoms with Crippen molar-refractivity contribution in [3.8, 4) is 5.75 Å². The maximum atomic E-state index is 13.1. The summed E-state index contributed by atoms with van der Waals surface area (Å²) < 4.78 is 18.6. The maximum absolute atomic E-state index is 13.1. The first-order chi connectivity index (χ1) is 11.1. The normalized spacial score (nSPS) is 15.4. The lowest BCUT2D eigenvalue weighted by Gasteiger charge is -2.06. The molecule has 1 fully saturated rings. The van der Waals surface area contributed by atoms with Crippen LogP contribution in [0, 0.1) is 5.82 Å². The molecular weight excluding hydrogens is 299 g/mol. The van der Waals surface area contributed by atoms with E-state index in [0.717, 1.165) is 11.1 Å². The fourth-order valence-electron chi connectivity index (χ4n) is 2.10. The topological polar surface area (TPSA) is 67.4 Å². The van der Waals surface area contributed by atoms with Gasteiger partial charge >= 0.3 is 6.03 Å². The second-order valence-corrected chi connectivity index (χ2v) is 4.95. The highest BCUT2D eigenvalue weighted by Crippen LogP contribution is 2.16. The van der Waals surface area contributed by atoms with Crippen LogP contribution in [-0.2, 0) is 11.4 Å². The number of urea groups is 1. The predicted octanol–water partition coefficient (Wildman–Crippen LogP) is 2.58. The number of imide groups is 1. The van der Waals surface area contributed by atoms with Crippen molar-refractivity contribution in [3.63, 3.8) is 0 Å². The minimum absolute atomic E-state index is 0.198. The summed E-state index contributed by atoms with van der Waals surface area (Å²) in [5, 5.41) is 4.54. The zero-order chi connectivity index (χ0) is 16.2. The molecule has 0 aliphatic carbocycles. The SMILES string of the molecule is O=C1NC(=O)/C(=C/c2ccc(OCc3cccc(F)c3)cc2)N1. The van der Waals surface area contributed by atoms with Crippen LogP contribution in [0.3, 0.4) is 0 Å². The molecule has 23 heavy (non-hydrogen) atoms. The van der Waals surface area contributed by atoms with Gasteiger partial charge in [0.1, 0.15) is 23.9 Å². The van der Waals surface area contributed by atoms with E-state index in [2.05, 4.69) is 10.6 Å². The molecular formula is C17H13FN2O3. The predicted molar refractivity (Wildman–Crippen MR) is 81.8 cm³/mol. The number of rotatable bonds is 4. The number of nitrogens with one attached hydrogen (secondary N) is 2. The van der Waals surface area contributed by atoms with E-state index in [9.17, 15) is 14.0 Å². The minimum atomic E-state index is -0.531. The summed E-state index contributed by atoms with van der Waals surface area (Å²) in [5.74, 6) is -0.136. The smallest absolute Gasteiger partial charge is 0.326 e. The summed E-state index contributed by atoms with van der Waals surface area (Å²) in [6, 6.07) is 12.7. The molecule has 0 atom stereocenters. The van der Waals surface area contributed by atoms with Gasteiger partial charge in [0.25, 0.3) is 5.91 Å². The largest absolute Gasteiger partial charge is 0.489 e. The van der Waals surface area contributed by atoms with Crippen LogP contribution in [0.2, 0.25) is 0 Å². The van der Waals surface area contributed by atoms with Crippen LogP contribution in [0.5, 0.6) is 5.75 Å². The fraction of sp³-hybridized carbons (Fsp3) is 0.0588. The van der Waals surface area contributed by atoms with Crippen molar-refractivity contribution in [3.05, 3.63) is 71.2 Å². The van der Waals surface area contributed by atoms with Gasteiger partial charge in [-0.05, 0) is 41.5 Å². The van der Waals surface area contributed by atoms with Gasteiger partial charge in [-0.2, -0.15) is 0 Å². The van der Waals surface area contributed by atoms with Gasteiger partial charge in [-0.15, -0.1) is 0 Å². The molecule has 0 unspecified atom stereocenters. The van der Waals surface area contributed by atoms with E-state index in [1.165, 1.54) is 12.1 Å². The Morgan fingerprint density at radius 1 is 1.04 bits per heavy atom. The minimum Gasteiger partial charge on any atom is -0.489 e. The fourth-order valence-corrected chi connectivity index (χ4v) is 2.10. The van der Waals surface area contributed by atoms with Crippen LogP contribution in [-0.4, -0.2) is 11.9 Å². The van der Waals surface area contributed by atoms with Gasteiger partial charge in [0, 0.05) is 0 Å². The molecule has 1 aliphatic heterocycles. The molecule has 1 aliphatic rings. The molecule has 5 nitrogen and oxygen atoms in total. The zero-order valence-electron chi connectivity index (χ0n) is 12.0. The lowest BCUT2D eigenvalue weighted by molar-refractivity contribution is -0.115. The molecule has 0 radical (unpaired) electrons. The van der Waals surface area contributed by atoms with Crippen LogP contribution in [0.1, 0.15) is 11.1 Å². The van der Waals surface area contributed by atoms with Gasteiger partial charge in [0.15, 0.2) is 0 Å². The van der Waals surface area contributed by atoms with Crippen LogP contribution in [0.4, 0.5) is 9.18 Å². The van der Waals surface area contributed by atoms with Crippen LogP contribution >= 0.6 is 0 Å². The van der Waals surface area contributed by atoms with Gasteiger partial charge in [0.05, 0.1) is 0 Å². The summed E-state index contributed by atoms with van der Waals surface area (Å²) in [6.45, 7) is 0.261. The number of carbonyl (C=O) groups is 2. The lowest BCUT2D eigenvalue weighted by Crippen LogP contribution is -2.22. The van der Waals surface area contributed by atoms with Crippen LogP contribution in [0.25, 0.3) is 6.08 Å². The molecule has 0 bridgehead atoms. The first-order valence-corrected chi connectivity index (χ1v) is 6.91. The number of carbonyl (C=O) groups excluding carboxylic acids is 2. The maximum Gasteiger partial charge on any atom is 0.326 e. The second kappa shape index (κ2) is 6.31. The third kappa shape index (κ3) is 3.74. The van der Waals surface area contributed by atoms with Crippen molar-refractivity contribution in [1.29, 1.82) is 0 Å². The van der Waals surface area contributed by atoms with Crippen molar-refractivity contribution in [2.75, 3.05) is 0 Å². The molecule has 0 aromatic heterocycles. The quantitative estimate of drug-likeness (QED) is 0.673. The van der Waals surface area contributed by atoms with E-state index in [0.29, 0.717) is 5.75 Å². The van der Waals surface area contributed by atoms with E-state index in [-0.39, 0.29) is 18.1 Å². The highest BCUT2D eigenvalue weighted by atomic mass is 19.1. The molecule has 2 aromatic carbocycles. The van der Waals surface area contributed by atoms with Gasteiger partial charge in [-0.25, -0.2) is 9.18 Å². The average molecular weight is 312 g/mol. The van der Waals surface area contributed by atoms with Crippen LogP contribution < -0.4 is 15.4 Å². The summed E-state index contributed by atoms with van der Waals surface area (Å²) in [4.78, 5) is 22.4. The van der Waals surface area contributed by atoms with E-state index >= 15 is 0 Å². The highest BCUT2D eigenvalue weighted by Gasteiger charge is 2.22. The summed E-state index contributed by atoms with van der Waals surface area (Å²) in [6.07, 6.45) is 1.57. The molecule has 0 spiro atoms. The summed E-state index contributed by atoms with van der Waals surface area (Å²) >= 11 is 0. The number of hydrogen-bond acceptors (Lipinski definition) is 3. The molecule has 1 saturated heterocycles. The Morgan fingerprint density at radius 2 is 1.83 bits per heavy atom. The van der Waals surface area contributed by atoms with Crippen molar-refractivity contribution < 1.29 is 18.7 Å². The third-order valence-electron chi connectivity index (χ3n) is 3.21. The molecule has 3 amide bonds. The lowest BCUT2D eigenvalue weighted by atomic mass is 10.2. The average Bonchev–Trinajstić information content (AvgIpc) is 2.84. The first kappa shape index (κ1) is 14.8. The van der Waals surface area contributed by atoms with Gasteiger partial charge in [0.2, 0.25) is 0 Å². The summed E-state index contributed by atoms with van der Waals surface area (Å²) in [5.41, 5.74) is 1.68. The van der Waals surface area contributed by atoms with Gasteiger partial charge in [-0.1, -0.05) is 24.3 Å². The standard InChI is InChI=1S/C17H13FN2O3/c18-13-3-1-2-12(8-13)10-23-14-6-4-11(5-7-14)9-15-16(21)20-17(22)19-15/h1-9H,10H2,(H2,19,20,21,22)/b15-9-. The van der Waals surface area contributed by atoms with E-state index in [4.69, 9.17) is 4.74 Å². The Labute approximate surface area is 131 Å². The first-order valence-electron chi connectivity index (χ1n) is 6.91. The Balaban J connectivity index is 1.64. The number of hydrogen-bond donors (Lipinski definition) is 2. The Hall–Kier alpha value is -3.15. The van der Waals surface area contributed by atoms with E-state index in [1.807, 2.05) is 0 Å². The highest BCUT2D eigenvalue weighted by molar-refractivity contribution is 6.13. The Kier molecular flexibility index (Phi) is 4.05. The second-order valence-electron chi connectivity index (χ2n) is 4.95. The molecule has 2 aromatic rings. The van der Waals surface area contributed by atoms with E-state index in [1.54, 1.807) is 42.5 Å². The van der Waals surface area contributed by atoms with Crippen molar-refractivity contribution >= 4 is 18.0 Å². The molecule has 2 N–H and O–H groups in total. The zero-order valence-corrected chi connectivity index (χ0v) is 12.0. The molecule has 3 rings (SSSR count). The van der Waals surface area contributed by atoms with Crippen molar-refractivity contribution in [2.45, 2.75) is 6.61 Å². The number of amides is 3. The number of halogens is 1. The molecule has 1 heterocycles. The van der Waals surface area contributed by atoms with Crippen LogP contribution in [0.15, 0.2) is 54.2 Å². The number of benzene rings is 2. The van der Waals surface area contributed by atoms with Crippen molar-refractivity contribution in [1.82, 2.24) is 10.6 Å². The molecule has 0 saturated carbocycles.